The van der Waals surface area contributed by atoms with Gasteiger partial charge in [0.25, 0.3) is 0 Å². The van der Waals surface area contributed by atoms with Crippen LogP contribution in [0.2, 0.25) is 0 Å². The number of esters is 1. The van der Waals surface area contributed by atoms with Gasteiger partial charge in [0, 0.05) is 0 Å². The summed E-state index contributed by atoms with van der Waals surface area (Å²) in [6.45, 7) is -0.651. The molecule has 4 unspecified atom stereocenters. The van der Waals surface area contributed by atoms with E-state index >= 15 is 0 Å². The molecule has 1 aromatic rings. The zero-order valence-corrected chi connectivity index (χ0v) is 24.8. The Kier molecular flexibility index (Phi) is 12.6. The van der Waals surface area contributed by atoms with E-state index in [1.165, 1.54) is 24.3 Å². The van der Waals surface area contributed by atoms with Gasteiger partial charge < -0.3 is 58.4 Å². The smallest absolute Gasteiger partial charge is 0.456 e. The second-order valence-corrected chi connectivity index (χ2v) is 14.7. The van der Waals surface area contributed by atoms with E-state index in [2.05, 4.69) is 18.1 Å². The lowest BCUT2D eigenvalue weighted by Gasteiger charge is -2.48. The van der Waals surface area contributed by atoms with Crippen molar-refractivity contribution in [1.82, 2.24) is 0 Å². The molecular weight excluding hydrogens is 687 g/mol. The summed E-state index contributed by atoms with van der Waals surface area (Å²) in [4.78, 5) is 106. The molecule has 0 spiro atoms. The number of phosphoric ester groups is 4. The first-order valence-electron chi connectivity index (χ1n) is 10.7. The number of rotatable bonds is 14. The van der Waals surface area contributed by atoms with E-state index < -0.39 is 94.2 Å². The van der Waals surface area contributed by atoms with Crippen molar-refractivity contribution in [3.63, 3.8) is 0 Å². The quantitative estimate of drug-likeness (QED) is 0.0782. The van der Waals surface area contributed by atoms with Crippen molar-refractivity contribution in [2.24, 2.45) is 0 Å². The first-order chi connectivity index (χ1) is 18.8. The Morgan fingerprint density at radius 3 is 1.26 bits per heavy atom. The predicted molar refractivity (Wildman–Crippen MR) is 129 cm³/mol. The summed E-state index contributed by atoms with van der Waals surface area (Å²) in [7, 11) is -28.7. The van der Waals surface area contributed by atoms with Gasteiger partial charge in [0.2, 0.25) is 0 Å². The van der Waals surface area contributed by atoms with Crippen molar-refractivity contribution in [2.75, 3.05) is 6.16 Å². The van der Waals surface area contributed by atoms with Crippen molar-refractivity contribution in [1.29, 1.82) is 0 Å². The minimum atomic E-state index is -5.88. The molecule has 0 bridgehead atoms. The highest BCUT2D eigenvalue weighted by molar-refractivity contribution is 7.52. The molecule has 10 N–H and O–H groups in total. The molecule has 22 nitrogen and oxygen atoms in total. The summed E-state index contributed by atoms with van der Waals surface area (Å²) in [6, 6.07) is 7.31. The van der Waals surface area contributed by atoms with Gasteiger partial charge in [0.1, 0.15) is 36.7 Å². The fourth-order valence-corrected chi connectivity index (χ4v) is 6.32. The maximum Gasteiger partial charge on any atom is 0.470 e. The number of hydrogen-bond donors (Lipinski definition) is 10. The predicted octanol–water partition coefficient (Wildman–Crippen LogP) is -1.41. The Morgan fingerprint density at radius 1 is 0.571 bits per heavy atom. The van der Waals surface area contributed by atoms with E-state index in [4.69, 9.17) is 19.3 Å². The van der Waals surface area contributed by atoms with Crippen LogP contribution in [0.15, 0.2) is 30.3 Å². The maximum atomic E-state index is 12.3. The van der Waals surface area contributed by atoms with Crippen molar-refractivity contribution < 1.29 is 104 Å². The van der Waals surface area contributed by atoms with Crippen LogP contribution in [-0.4, -0.2) is 97.7 Å². The van der Waals surface area contributed by atoms with Gasteiger partial charge in [0.05, 0.1) is 6.61 Å². The van der Waals surface area contributed by atoms with Gasteiger partial charge in [-0.05, 0) is 5.56 Å². The largest absolute Gasteiger partial charge is 0.470 e. The van der Waals surface area contributed by atoms with Gasteiger partial charge in [-0.3, -0.25) is 27.5 Å². The lowest BCUT2D eigenvalue weighted by molar-refractivity contribution is -0.232. The Labute approximate surface area is 234 Å². The minimum Gasteiger partial charge on any atom is -0.456 e. The van der Waals surface area contributed by atoms with Gasteiger partial charge >= 0.3 is 44.9 Å². The van der Waals surface area contributed by atoms with E-state index in [0.717, 1.165) is 0 Å². The number of carbonyl (C=O) groups is 1. The zero-order chi connectivity index (χ0) is 32.3. The summed E-state index contributed by atoms with van der Waals surface area (Å²) in [5.41, 5.74) is 0.248. The summed E-state index contributed by atoms with van der Waals surface area (Å²) in [5.74, 6) is -1.97. The summed E-state index contributed by atoms with van der Waals surface area (Å²) >= 11 is 0. The molecule has 0 aliphatic heterocycles. The lowest BCUT2D eigenvalue weighted by atomic mass is 9.84. The third kappa shape index (κ3) is 13.5. The first-order valence-corrected chi connectivity index (χ1v) is 18.6. The molecule has 0 saturated heterocycles. The summed E-state index contributed by atoms with van der Waals surface area (Å²) < 4.78 is 86.7. The Bertz CT molecular complexity index is 1250. The molecule has 1 aliphatic carbocycles. The van der Waals surface area contributed by atoms with Crippen LogP contribution in [0.5, 0.6) is 0 Å². The molecule has 27 heteroatoms. The molecular formula is C15H25O22P5. The van der Waals surface area contributed by atoms with Crippen molar-refractivity contribution in [2.45, 2.75) is 43.2 Å². The van der Waals surface area contributed by atoms with E-state index in [1.54, 1.807) is 6.07 Å². The van der Waals surface area contributed by atoms with Crippen LogP contribution in [0.1, 0.15) is 5.56 Å². The van der Waals surface area contributed by atoms with Crippen LogP contribution < -0.4 is 0 Å². The Balaban J connectivity index is 2.82. The van der Waals surface area contributed by atoms with Gasteiger partial charge in [-0.15, -0.1) is 0 Å². The minimum absolute atomic E-state index is 0.248. The van der Waals surface area contributed by atoms with E-state index in [9.17, 15) is 66.8 Å². The first kappa shape index (κ1) is 37.4. The van der Waals surface area contributed by atoms with Crippen LogP contribution >= 0.6 is 38.9 Å². The highest BCUT2D eigenvalue weighted by Gasteiger charge is 2.61. The molecule has 0 heterocycles. The van der Waals surface area contributed by atoms with E-state index in [-0.39, 0.29) is 5.56 Å². The lowest BCUT2D eigenvalue weighted by Crippen LogP contribution is -2.67. The van der Waals surface area contributed by atoms with Crippen molar-refractivity contribution >= 4 is 44.9 Å². The third-order valence-electron chi connectivity index (χ3n) is 4.87. The van der Waals surface area contributed by atoms with Gasteiger partial charge in [-0.1, -0.05) is 30.3 Å². The highest BCUT2D eigenvalue weighted by Crippen LogP contribution is 2.53. The van der Waals surface area contributed by atoms with Crippen LogP contribution in [0.3, 0.4) is 0 Å². The molecule has 1 aliphatic rings. The number of phosphoric acid groups is 4. The highest BCUT2D eigenvalue weighted by atomic mass is 31.2. The zero-order valence-electron chi connectivity index (χ0n) is 20.4. The number of benzene rings is 1. The van der Waals surface area contributed by atoms with Crippen LogP contribution in [0.4, 0.5) is 0 Å². The fourth-order valence-electron chi connectivity index (χ4n) is 3.68. The SMILES string of the molecule is O=C(CP(=O)(O)O)OC1C(OP(=O)(O)O)C(OP(=O)(O)O)C(OCc2ccccc2)C(OP(=O)(O)O)C1OP(=O)(O)O. The van der Waals surface area contributed by atoms with Crippen LogP contribution in [0, 0.1) is 0 Å². The monoisotopic (exact) mass is 712 g/mol. The van der Waals surface area contributed by atoms with Gasteiger partial charge in [0.15, 0.2) is 6.10 Å². The van der Waals surface area contributed by atoms with E-state index in [1.807, 2.05) is 0 Å². The third-order valence-corrected chi connectivity index (χ3v) is 7.61. The Morgan fingerprint density at radius 2 is 0.929 bits per heavy atom. The molecule has 0 aromatic heterocycles. The molecule has 1 aromatic carbocycles. The molecule has 2 rings (SSSR count). The summed E-state index contributed by atoms with van der Waals surface area (Å²) in [5, 5.41) is 0. The molecule has 42 heavy (non-hydrogen) atoms. The fraction of sp³-hybridized carbons (Fsp3) is 0.533. The maximum absolute atomic E-state index is 12.3. The average molecular weight is 712 g/mol. The second-order valence-electron chi connectivity index (χ2n) is 8.28. The summed E-state index contributed by atoms with van der Waals surface area (Å²) in [6.07, 6.45) is -18.0. The van der Waals surface area contributed by atoms with Gasteiger partial charge in [-0.2, -0.15) is 0 Å². The Hall–Kier alpha value is -0.760. The molecule has 1 fully saturated rings. The molecule has 0 radical (unpaired) electrons. The molecule has 0 amide bonds. The van der Waals surface area contributed by atoms with E-state index in [0.29, 0.717) is 0 Å². The number of carbonyl (C=O) groups excluding carboxylic acids is 1. The van der Waals surface area contributed by atoms with Crippen molar-refractivity contribution in [3.8, 4) is 0 Å². The van der Waals surface area contributed by atoms with Crippen molar-refractivity contribution in [3.05, 3.63) is 35.9 Å². The standard InChI is InChI=1S/C15H25O22P5/c16-9(7-38(17,18)19)33-11-14(36-41(26,27)28)12(34-39(20,21)22)10(32-6-8-4-2-1-3-5-8)13(35-40(23,24)25)15(11)37-42(29,30)31/h1-5,10-15H,6-7H2,(H2,17,18,19)(H2,20,21,22)(H2,23,24,25)(H2,26,27,28)(H2,29,30,31). The topological polar surface area (TPSA) is 360 Å². The molecule has 4 atom stereocenters. The number of hydrogen-bond acceptors (Lipinski definition) is 12. The van der Waals surface area contributed by atoms with Crippen LogP contribution in [0.25, 0.3) is 0 Å². The number of ether oxygens (including phenoxy) is 2. The van der Waals surface area contributed by atoms with Gasteiger partial charge in [-0.25, -0.2) is 18.3 Å². The van der Waals surface area contributed by atoms with Crippen LogP contribution in [-0.2, 0) is 61.8 Å². The normalized spacial score (nSPS) is 26.1. The average Bonchev–Trinajstić information content (AvgIpc) is 2.74. The second kappa shape index (κ2) is 14.1. The molecule has 242 valence electrons. The molecule has 1 saturated carbocycles.